The molecule has 1 rings (SSSR count). The van der Waals surface area contributed by atoms with Crippen LogP contribution in [-0.4, -0.2) is 26.2 Å². The van der Waals surface area contributed by atoms with Gasteiger partial charge in [0.1, 0.15) is 0 Å². The van der Waals surface area contributed by atoms with Crippen molar-refractivity contribution in [1.82, 2.24) is 0 Å². The summed E-state index contributed by atoms with van der Waals surface area (Å²) in [4.78, 5) is 13.8. The molecule has 0 spiro atoms. The van der Waals surface area contributed by atoms with E-state index in [1.54, 1.807) is 0 Å². The van der Waals surface area contributed by atoms with Crippen LogP contribution in [0.5, 0.6) is 0 Å². The number of carbonyl (C=O) groups excluding carboxylic acids is 1. The van der Waals surface area contributed by atoms with Crippen molar-refractivity contribution in [3.8, 4) is 0 Å². The third kappa shape index (κ3) is 4.43. The Balaban J connectivity index is 2.82. The van der Waals surface area contributed by atoms with Crippen LogP contribution < -0.4 is 4.90 Å². The molecule has 0 N–H and O–H groups in total. The number of benzene rings is 1. The number of hydrogen-bond donors (Lipinski definition) is 0. The fourth-order valence-corrected chi connectivity index (χ4v) is 1.97. The van der Waals surface area contributed by atoms with E-state index in [0.29, 0.717) is 6.42 Å². The summed E-state index contributed by atoms with van der Waals surface area (Å²) in [6.07, 6.45) is 2.65. The molecule has 104 valence electrons. The fraction of sp³-hybridized carbons (Fsp3) is 0.438. The van der Waals surface area contributed by atoms with Crippen LogP contribution in [0, 0.1) is 6.92 Å². The van der Waals surface area contributed by atoms with Crippen molar-refractivity contribution in [2.24, 2.45) is 0 Å². The number of hydrogen-bond acceptors (Lipinski definition) is 3. The number of anilines is 1. The van der Waals surface area contributed by atoms with Gasteiger partial charge in [-0.3, -0.25) is 0 Å². The highest BCUT2D eigenvalue weighted by Gasteiger charge is 2.08. The number of rotatable bonds is 6. The molecular formula is C16H23NO2. The zero-order chi connectivity index (χ0) is 14.3. The first-order valence-electron chi connectivity index (χ1n) is 6.71. The molecule has 0 aliphatic heterocycles. The van der Waals surface area contributed by atoms with Crippen LogP contribution >= 0.6 is 0 Å². The van der Waals surface area contributed by atoms with Gasteiger partial charge in [-0.1, -0.05) is 25.1 Å². The quantitative estimate of drug-likeness (QED) is 0.581. The van der Waals surface area contributed by atoms with E-state index >= 15 is 0 Å². The summed E-state index contributed by atoms with van der Waals surface area (Å²) in [5, 5.41) is 0. The first kappa shape index (κ1) is 15.3. The van der Waals surface area contributed by atoms with Crippen molar-refractivity contribution in [3.05, 3.63) is 41.5 Å². The molecule has 0 unspecified atom stereocenters. The maximum absolute atomic E-state index is 11.5. The van der Waals surface area contributed by atoms with Crippen molar-refractivity contribution in [3.63, 3.8) is 0 Å². The summed E-state index contributed by atoms with van der Waals surface area (Å²) in [7, 11) is 1.42. The SMILES string of the molecule is CCC(=CCN(CC)c1cccc(C)c1)C(=O)OC. The van der Waals surface area contributed by atoms with Gasteiger partial charge in [0, 0.05) is 24.4 Å². The van der Waals surface area contributed by atoms with Crippen LogP contribution in [0.1, 0.15) is 25.8 Å². The second kappa shape index (κ2) is 7.62. The monoisotopic (exact) mass is 261 g/mol. The Morgan fingerprint density at radius 1 is 1.37 bits per heavy atom. The molecule has 0 atom stereocenters. The van der Waals surface area contributed by atoms with E-state index in [9.17, 15) is 4.79 Å². The Bertz CT molecular complexity index is 452. The molecule has 1 aromatic carbocycles. The number of ether oxygens (including phenoxy) is 1. The summed E-state index contributed by atoms with van der Waals surface area (Å²) >= 11 is 0. The van der Waals surface area contributed by atoms with E-state index in [1.807, 2.05) is 13.0 Å². The van der Waals surface area contributed by atoms with Gasteiger partial charge in [-0.15, -0.1) is 0 Å². The van der Waals surface area contributed by atoms with Gasteiger partial charge in [-0.05, 0) is 38.0 Å². The Hall–Kier alpha value is -1.77. The highest BCUT2D eigenvalue weighted by Crippen LogP contribution is 2.16. The summed E-state index contributed by atoms with van der Waals surface area (Å²) < 4.78 is 4.77. The molecule has 0 aromatic heterocycles. The molecule has 0 radical (unpaired) electrons. The Labute approximate surface area is 115 Å². The van der Waals surface area contributed by atoms with Gasteiger partial charge < -0.3 is 9.64 Å². The van der Waals surface area contributed by atoms with Crippen LogP contribution in [0.2, 0.25) is 0 Å². The number of carbonyl (C=O) groups is 1. The minimum Gasteiger partial charge on any atom is -0.466 e. The van der Waals surface area contributed by atoms with Crippen molar-refractivity contribution < 1.29 is 9.53 Å². The van der Waals surface area contributed by atoms with Crippen LogP contribution in [0.25, 0.3) is 0 Å². The lowest BCUT2D eigenvalue weighted by Crippen LogP contribution is -2.23. The first-order valence-corrected chi connectivity index (χ1v) is 6.71. The second-order valence-electron chi connectivity index (χ2n) is 4.45. The van der Waals surface area contributed by atoms with Gasteiger partial charge in [0.2, 0.25) is 0 Å². The zero-order valence-electron chi connectivity index (χ0n) is 12.3. The summed E-state index contributed by atoms with van der Waals surface area (Å²) in [5.41, 5.74) is 3.15. The van der Waals surface area contributed by atoms with Gasteiger partial charge >= 0.3 is 5.97 Å². The van der Waals surface area contributed by atoms with Crippen molar-refractivity contribution in [2.45, 2.75) is 27.2 Å². The lowest BCUT2D eigenvalue weighted by molar-refractivity contribution is -0.136. The lowest BCUT2D eigenvalue weighted by Gasteiger charge is -2.22. The molecule has 3 nitrogen and oxygen atoms in total. The largest absolute Gasteiger partial charge is 0.466 e. The topological polar surface area (TPSA) is 29.5 Å². The Morgan fingerprint density at radius 2 is 2.11 bits per heavy atom. The summed E-state index contributed by atoms with van der Waals surface area (Å²) in [6, 6.07) is 8.38. The molecule has 0 amide bonds. The predicted octanol–water partition coefficient (Wildman–Crippen LogP) is 3.33. The van der Waals surface area contributed by atoms with Crippen LogP contribution in [0.15, 0.2) is 35.9 Å². The van der Waals surface area contributed by atoms with Gasteiger partial charge in [0.05, 0.1) is 7.11 Å². The van der Waals surface area contributed by atoms with Crippen LogP contribution in [0.3, 0.4) is 0 Å². The average molecular weight is 261 g/mol. The van der Waals surface area contributed by atoms with Crippen molar-refractivity contribution >= 4 is 11.7 Å². The molecule has 0 bridgehead atoms. The molecule has 1 aromatic rings. The number of likely N-dealkylation sites (N-methyl/N-ethyl adjacent to an activating group) is 1. The minimum absolute atomic E-state index is 0.234. The maximum atomic E-state index is 11.5. The van der Waals surface area contributed by atoms with E-state index in [2.05, 4.69) is 43.0 Å². The normalized spacial score (nSPS) is 11.3. The van der Waals surface area contributed by atoms with E-state index in [0.717, 1.165) is 18.7 Å². The third-order valence-electron chi connectivity index (χ3n) is 3.14. The van der Waals surface area contributed by atoms with Crippen molar-refractivity contribution in [1.29, 1.82) is 0 Å². The highest BCUT2D eigenvalue weighted by molar-refractivity contribution is 5.88. The van der Waals surface area contributed by atoms with Gasteiger partial charge in [-0.2, -0.15) is 0 Å². The summed E-state index contributed by atoms with van der Waals surface area (Å²) in [6.45, 7) is 7.78. The smallest absolute Gasteiger partial charge is 0.333 e. The van der Waals surface area contributed by atoms with Crippen LogP contribution in [-0.2, 0) is 9.53 Å². The van der Waals surface area contributed by atoms with E-state index < -0.39 is 0 Å². The molecule has 0 saturated heterocycles. The Morgan fingerprint density at radius 3 is 2.63 bits per heavy atom. The second-order valence-corrected chi connectivity index (χ2v) is 4.45. The van der Waals surface area contributed by atoms with Gasteiger partial charge in [-0.25, -0.2) is 4.79 Å². The van der Waals surface area contributed by atoms with Gasteiger partial charge in [0.15, 0.2) is 0 Å². The first-order chi connectivity index (χ1) is 9.12. The standard InChI is InChI=1S/C16H23NO2/c1-5-14(16(18)19-4)10-11-17(6-2)15-9-7-8-13(3)12-15/h7-10,12H,5-6,11H2,1-4H3. The molecule has 0 aliphatic rings. The molecule has 0 saturated carbocycles. The van der Waals surface area contributed by atoms with E-state index in [-0.39, 0.29) is 5.97 Å². The lowest BCUT2D eigenvalue weighted by atomic mass is 10.1. The van der Waals surface area contributed by atoms with Gasteiger partial charge in [0.25, 0.3) is 0 Å². The minimum atomic E-state index is -0.234. The number of esters is 1. The molecule has 3 heteroatoms. The Kier molecular flexibility index (Phi) is 6.13. The maximum Gasteiger partial charge on any atom is 0.333 e. The molecule has 0 aliphatic carbocycles. The number of aryl methyl sites for hydroxylation is 1. The van der Waals surface area contributed by atoms with E-state index in [1.165, 1.54) is 18.4 Å². The highest BCUT2D eigenvalue weighted by atomic mass is 16.5. The van der Waals surface area contributed by atoms with E-state index in [4.69, 9.17) is 4.74 Å². The number of nitrogens with zero attached hydrogens (tertiary/aromatic N) is 1. The molecule has 19 heavy (non-hydrogen) atoms. The molecule has 0 fully saturated rings. The number of methoxy groups -OCH3 is 1. The average Bonchev–Trinajstić information content (AvgIpc) is 2.43. The summed E-state index contributed by atoms with van der Waals surface area (Å²) in [5.74, 6) is -0.234. The molecular weight excluding hydrogens is 238 g/mol. The predicted molar refractivity (Wildman–Crippen MR) is 79.5 cm³/mol. The molecule has 0 heterocycles. The van der Waals surface area contributed by atoms with Crippen LogP contribution in [0.4, 0.5) is 5.69 Å². The zero-order valence-corrected chi connectivity index (χ0v) is 12.3. The fourth-order valence-electron chi connectivity index (χ4n) is 1.97. The van der Waals surface area contributed by atoms with Crippen molar-refractivity contribution in [2.75, 3.05) is 25.1 Å². The third-order valence-corrected chi connectivity index (χ3v) is 3.14.